The molecule has 1 aliphatic carbocycles. The maximum Gasteiger partial charge on any atom is 0.218 e. The normalized spacial score (nSPS) is 14.6. The zero-order valence-corrected chi connectivity index (χ0v) is 10.2. The first kappa shape index (κ1) is 12.1. The van der Waals surface area contributed by atoms with Gasteiger partial charge < -0.3 is 14.8 Å². The van der Waals surface area contributed by atoms with Crippen LogP contribution in [0.25, 0.3) is 0 Å². The van der Waals surface area contributed by atoms with Gasteiger partial charge in [0.05, 0.1) is 13.2 Å². The molecule has 0 aromatic carbocycles. The lowest BCUT2D eigenvalue weighted by Crippen LogP contribution is -2.11. The highest BCUT2D eigenvalue weighted by molar-refractivity contribution is 5.36. The topological polar surface area (TPSA) is 56.3 Å². The van der Waals surface area contributed by atoms with E-state index < -0.39 is 0 Å². The van der Waals surface area contributed by atoms with Crippen molar-refractivity contribution in [3.63, 3.8) is 0 Å². The maximum atomic E-state index is 5.52. The van der Waals surface area contributed by atoms with E-state index in [4.69, 9.17) is 9.47 Å². The fourth-order valence-corrected chi connectivity index (χ4v) is 1.45. The minimum Gasteiger partial charge on any atom is -0.478 e. The second-order valence-corrected chi connectivity index (χ2v) is 4.12. The van der Waals surface area contributed by atoms with Gasteiger partial charge in [0.15, 0.2) is 0 Å². The Morgan fingerprint density at radius 3 is 3.06 bits per heavy atom. The van der Waals surface area contributed by atoms with Crippen molar-refractivity contribution in [2.75, 3.05) is 31.7 Å². The molecule has 1 aromatic rings. The molecule has 1 aromatic heterocycles. The van der Waals surface area contributed by atoms with Crippen molar-refractivity contribution in [2.45, 2.75) is 19.8 Å². The Balaban J connectivity index is 1.64. The first-order valence-electron chi connectivity index (χ1n) is 6.15. The average molecular weight is 237 g/mol. The van der Waals surface area contributed by atoms with Gasteiger partial charge in [0, 0.05) is 19.2 Å². The molecule has 1 heterocycles. The molecule has 0 aliphatic heterocycles. The third-order valence-electron chi connectivity index (χ3n) is 2.54. The number of anilines is 1. The summed E-state index contributed by atoms with van der Waals surface area (Å²) in [4.78, 5) is 8.11. The van der Waals surface area contributed by atoms with E-state index in [1.807, 2.05) is 6.92 Å². The van der Waals surface area contributed by atoms with Gasteiger partial charge in [-0.1, -0.05) is 0 Å². The minimum atomic E-state index is 0.601. The molecule has 1 aliphatic rings. The Bertz CT molecular complexity index is 342. The van der Waals surface area contributed by atoms with Crippen LogP contribution in [0, 0.1) is 5.92 Å². The first-order chi connectivity index (χ1) is 8.38. The van der Waals surface area contributed by atoms with Crippen LogP contribution in [0.1, 0.15) is 19.8 Å². The van der Waals surface area contributed by atoms with Crippen LogP contribution in [0.2, 0.25) is 0 Å². The van der Waals surface area contributed by atoms with E-state index in [1.165, 1.54) is 19.2 Å². The van der Waals surface area contributed by atoms with Crippen molar-refractivity contribution in [1.29, 1.82) is 0 Å². The highest BCUT2D eigenvalue weighted by Gasteiger charge is 2.20. The highest BCUT2D eigenvalue weighted by atomic mass is 16.5. The molecular weight excluding hydrogens is 218 g/mol. The summed E-state index contributed by atoms with van der Waals surface area (Å²) in [7, 11) is 0. The van der Waals surface area contributed by atoms with E-state index in [9.17, 15) is 0 Å². The van der Waals surface area contributed by atoms with Crippen LogP contribution in [0.15, 0.2) is 12.4 Å². The summed E-state index contributed by atoms with van der Waals surface area (Å²) < 4.78 is 10.8. The minimum absolute atomic E-state index is 0.601. The van der Waals surface area contributed by atoms with Crippen molar-refractivity contribution >= 4 is 5.82 Å². The quantitative estimate of drug-likeness (QED) is 0.698. The van der Waals surface area contributed by atoms with E-state index in [0.29, 0.717) is 19.1 Å². The Morgan fingerprint density at radius 1 is 1.41 bits per heavy atom. The van der Waals surface area contributed by atoms with Crippen molar-refractivity contribution in [2.24, 2.45) is 5.92 Å². The SMILES string of the molecule is CCOc1cc(NCCOCC2CC2)ncn1. The summed E-state index contributed by atoms with van der Waals surface area (Å²) in [5, 5.41) is 3.18. The number of nitrogens with one attached hydrogen (secondary N) is 1. The van der Waals surface area contributed by atoms with Gasteiger partial charge in [0.25, 0.3) is 0 Å². The maximum absolute atomic E-state index is 5.52. The molecule has 1 N–H and O–H groups in total. The van der Waals surface area contributed by atoms with Crippen molar-refractivity contribution in [3.05, 3.63) is 12.4 Å². The summed E-state index contributed by atoms with van der Waals surface area (Å²) in [6.45, 7) is 4.91. The molecule has 5 heteroatoms. The fraction of sp³-hybridized carbons (Fsp3) is 0.667. The standard InChI is InChI=1S/C12H19N3O2/c1-2-17-12-7-11(14-9-15-12)13-5-6-16-8-10-3-4-10/h7,9-10H,2-6,8H2,1H3,(H,13,14,15). The van der Waals surface area contributed by atoms with Gasteiger partial charge in [-0.15, -0.1) is 0 Å². The molecule has 0 saturated heterocycles. The number of hydrogen-bond donors (Lipinski definition) is 1. The Labute approximate surface area is 102 Å². The molecule has 94 valence electrons. The molecule has 0 bridgehead atoms. The van der Waals surface area contributed by atoms with Crippen molar-refractivity contribution in [1.82, 2.24) is 9.97 Å². The second kappa shape index (κ2) is 6.39. The number of rotatable bonds is 8. The monoisotopic (exact) mass is 237 g/mol. The summed E-state index contributed by atoms with van der Waals surface area (Å²) in [6, 6.07) is 1.80. The molecule has 0 unspecified atom stereocenters. The molecular formula is C12H19N3O2. The number of aromatic nitrogens is 2. The van der Waals surface area contributed by atoms with Gasteiger partial charge in [-0.2, -0.15) is 0 Å². The van der Waals surface area contributed by atoms with Gasteiger partial charge >= 0.3 is 0 Å². The van der Waals surface area contributed by atoms with Crippen LogP contribution in [0.5, 0.6) is 5.88 Å². The summed E-state index contributed by atoms with van der Waals surface area (Å²) in [6.07, 6.45) is 4.16. The van der Waals surface area contributed by atoms with Gasteiger partial charge in [-0.3, -0.25) is 0 Å². The summed E-state index contributed by atoms with van der Waals surface area (Å²) >= 11 is 0. The first-order valence-corrected chi connectivity index (χ1v) is 6.15. The van der Waals surface area contributed by atoms with E-state index in [2.05, 4.69) is 15.3 Å². The molecule has 5 nitrogen and oxygen atoms in total. The molecule has 0 spiro atoms. The van der Waals surface area contributed by atoms with E-state index in [-0.39, 0.29) is 0 Å². The van der Waals surface area contributed by atoms with E-state index >= 15 is 0 Å². The zero-order chi connectivity index (χ0) is 11.9. The van der Waals surface area contributed by atoms with Crippen LogP contribution in [-0.4, -0.2) is 36.3 Å². The Morgan fingerprint density at radius 2 is 2.29 bits per heavy atom. The third kappa shape index (κ3) is 4.56. The molecule has 0 atom stereocenters. The molecule has 0 amide bonds. The smallest absolute Gasteiger partial charge is 0.218 e. The van der Waals surface area contributed by atoms with Crippen LogP contribution in [0.4, 0.5) is 5.82 Å². The lowest BCUT2D eigenvalue weighted by Gasteiger charge is -2.07. The second-order valence-electron chi connectivity index (χ2n) is 4.12. The predicted molar refractivity (Wildman–Crippen MR) is 65.2 cm³/mol. The van der Waals surface area contributed by atoms with Gasteiger partial charge in [0.1, 0.15) is 12.1 Å². The summed E-state index contributed by atoms with van der Waals surface area (Å²) in [5.41, 5.74) is 0. The molecule has 1 fully saturated rings. The van der Waals surface area contributed by atoms with Gasteiger partial charge in [-0.25, -0.2) is 9.97 Å². The predicted octanol–water partition coefficient (Wildman–Crippen LogP) is 1.71. The van der Waals surface area contributed by atoms with E-state index in [0.717, 1.165) is 24.9 Å². The number of ether oxygens (including phenoxy) is 2. The van der Waals surface area contributed by atoms with Crippen molar-refractivity contribution < 1.29 is 9.47 Å². The highest BCUT2D eigenvalue weighted by Crippen LogP contribution is 2.28. The van der Waals surface area contributed by atoms with Crippen LogP contribution in [0.3, 0.4) is 0 Å². The number of nitrogens with zero attached hydrogens (tertiary/aromatic N) is 2. The van der Waals surface area contributed by atoms with Gasteiger partial charge in [0.2, 0.25) is 5.88 Å². The van der Waals surface area contributed by atoms with Crippen LogP contribution in [-0.2, 0) is 4.74 Å². The molecule has 2 rings (SSSR count). The van der Waals surface area contributed by atoms with Crippen molar-refractivity contribution in [3.8, 4) is 5.88 Å². The van der Waals surface area contributed by atoms with Crippen LogP contribution >= 0.6 is 0 Å². The lowest BCUT2D eigenvalue weighted by atomic mass is 10.5. The molecule has 1 saturated carbocycles. The fourth-order valence-electron chi connectivity index (χ4n) is 1.45. The van der Waals surface area contributed by atoms with E-state index in [1.54, 1.807) is 6.07 Å². The van der Waals surface area contributed by atoms with Crippen LogP contribution < -0.4 is 10.1 Å². The third-order valence-corrected chi connectivity index (χ3v) is 2.54. The molecule has 0 radical (unpaired) electrons. The lowest BCUT2D eigenvalue weighted by molar-refractivity contribution is 0.134. The Kier molecular flexibility index (Phi) is 4.55. The van der Waals surface area contributed by atoms with Gasteiger partial charge in [-0.05, 0) is 25.7 Å². The summed E-state index contributed by atoms with van der Waals surface area (Å²) in [5.74, 6) is 2.20. The zero-order valence-electron chi connectivity index (χ0n) is 10.2. The average Bonchev–Trinajstić information content (AvgIpc) is 3.14. The Hall–Kier alpha value is -1.36. The molecule has 17 heavy (non-hydrogen) atoms. The number of hydrogen-bond acceptors (Lipinski definition) is 5. The largest absolute Gasteiger partial charge is 0.478 e.